The first-order chi connectivity index (χ1) is 8.25. The van der Waals surface area contributed by atoms with Crippen molar-refractivity contribution in [3.63, 3.8) is 0 Å². The molecule has 0 saturated heterocycles. The lowest BCUT2D eigenvalue weighted by atomic mass is 10.00. The van der Waals surface area contributed by atoms with Gasteiger partial charge in [0.05, 0.1) is 6.04 Å². The molecule has 9 heteroatoms. The number of aromatic nitrogens is 2. The van der Waals surface area contributed by atoms with Crippen molar-refractivity contribution in [2.24, 2.45) is 11.7 Å². The van der Waals surface area contributed by atoms with Crippen LogP contribution in [0.15, 0.2) is 0 Å². The lowest BCUT2D eigenvalue weighted by Gasteiger charge is -2.16. The number of nitrogens with one attached hydrogen (secondary N) is 1. The fourth-order valence-corrected chi connectivity index (χ4v) is 1.70. The summed E-state index contributed by atoms with van der Waals surface area (Å²) in [6, 6.07) is -0.784. The first-order valence-corrected chi connectivity index (χ1v) is 6.04. The van der Waals surface area contributed by atoms with Gasteiger partial charge in [-0.1, -0.05) is 31.6 Å². The summed E-state index contributed by atoms with van der Waals surface area (Å²) in [5, 5.41) is 7.13. The molecule has 0 spiro atoms. The van der Waals surface area contributed by atoms with Crippen LogP contribution >= 0.6 is 11.3 Å². The molecule has 1 amide bonds. The van der Waals surface area contributed by atoms with Gasteiger partial charge in [0.15, 0.2) is 0 Å². The average Bonchev–Trinajstić information content (AvgIpc) is 2.75. The first-order valence-electron chi connectivity index (χ1n) is 5.22. The normalized spacial score (nSPS) is 15.2. The predicted octanol–water partition coefficient (Wildman–Crippen LogP) is 1.87. The van der Waals surface area contributed by atoms with Crippen LogP contribution in [-0.2, 0) is 11.0 Å². The fourth-order valence-electron chi connectivity index (χ4n) is 1.09. The fraction of sp³-hybridized carbons (Fsp3) is 0.667. The highest BCUT2D eigenvalue weighted by Gasteiger charge is 2.36. The van der Waals surface area contributed by atoms with Crippen molar-refractivity contribution in [1.82, 2.24) is 10.2 Å². The van der Waals surface area contributed by atoms with Crippen LogP contribution in [0.1, 0.15) is 25.3 Å². The Kier molecular flexibility index (Phi) is 4.63. The van der Waals surface area contributed by atoms with Crippen LogP contribution in [0.25, 0.3) is 0 Å². The quantitative estimate of drug-likeness (QED) is 0.883. The Hall–Kier alpha value is -1.22. The number of carbonyl (C=O) groups excluding carboxylic acids is 1. The number of amides is 1. The SMILES string of the molecule is CCC(C)C(N)C(=O)Nc1nnc(C(F)(F)F)s1. The van der Waals surface area contributed by atoms with Crippen LogP contribution in [-0.4, -0.2) is 22.1 Å². The standard InChI is InChI=1S/C9H13F3N4OS/c1-3-4(2)5(13)6(17)14-8-16-15-7(18-8)9(10,11)12/h4-5H,3,13H2,1-2H3,(H,14,16,17). The molecule has 0 aliphatic carbocycles. The van der Waals surface area contributed by atoms with Gasteiger partial charge in [0, 0.05) is 0 Å². The van der Waals surface area contributed by atoms with E-state index in [1.54, 1.807) is 6.92 Å². The van der Waals surface area contributed by atoms with Gasteiger partial charge < -0.3 is 5.73 Å². The van der Waals surface area contributed by atoms with E-state index in [4.69, 9.17) is 5.73 Å². The van der Waals surface area contributed by atoms with E-state index in [0.29, 0.717) is 6.42 Å². The summed E-state index contributed by atoms with van der Waals surface area (Å²) < 4.78 is 36.8. The van der Waals surface area contributed by atoms with Gasteiger partial charge >= 0.3 is 6.18 Å². The van der Waals surface area contributed by atoms with Crippen molar-refractivity contribution < 1.29 is 18.0 Å². The van der Waals surface area contributed by atoms with E-state index in [-0.39, 0.29) is 22.4 Å². The molecule has 0 fully saturated rings. The Labute approximate surface area is 106 Å². The second-order valence-electron chi connectivity index (χ2n) is 3.81. The summed E-state index contributed by atoms with van der Waals surface area (Å²) in [7, 11) is 0. The molecule has 1 heterocycles. The Morgan fingerprint density at radius 3 is 2.56 bits per heavy atom. The summed E-state index contributed by atoms with van der Waals surface area (Å²) >= 11 is 0.270. The van der Waals surface area contributed by atoms with Gasteiger partial charge in [-0.2, -0.15) is 13.2 Å². The maximum atomic E-state index is 12.3. The highest BCUT2D eigenvalue weighted by Crippen LogP contribution is 2.33. The molecule has 18 heavy (non-hydrogen) atoms. The maximum absolute atomic E-state index is 12.3. The second kappa shape index (κ2) is 5.61. The Morgan fingerprint density at radius 1 is 1.50 bits per heavy atom. The van der Waals surface area contributed by atoms with Gasteiger partial charge in [-0.05, 0) is 5.92 Å². The number of carbonyl (C=O) groups is 1. The Morgan fingerprint density at radius 2 is 2.11 bits per heavy atom. The topological polar surface area (TPSA) is 80.9 Å². The predicted molar refractivity (Wildman–Crippen MR) is 61.0 cm³/mol. The number of nitrogens with two attached hydrogens (primary N) is 1. The lowest BCUT2D eigenvalue weighted by molar-refractivity contribution is -0.138. The third-order valence-electron chi connectivity index (χ3n) is 2.46. The van der Waals surface area contributed by atoms with E-state index in [9.17, 15) is 18.0 Å². The zero-order valence-corrected chi connectivity index (χ0v) is 10.6. The summed E-state index contributed by atoms with van der Waals surface area (Å²) in [5.74, 6) is -0.630. The molecule has 2 atom stereocenters. The van der Waals surface area contributed by atoms with Crippen LogP contribution in [0, 0.1) is 5.92 Å². The van der Waals surface area contributed by atoms with Crippen molar-refractivity contribution in [2.45, 2.75) is 32.5 Å². The molecule has 0 saturated carbocycles. The minimum absolute atomic E-state index is 0.0694. The lowest BCUT2D eigenvalue weighted by Crippen LogP contribution is -2.40. The number of nitrogens with zero attached hydrogens (tertiary/aromatic N) is 2. The molecule has 2 unspecified atom stereocenters. The van der Waals surface area contributed by atoms with E-state index >= 15 is 0 Å². The molecule has 0 radical (unpaired) electrons. The van der Waals surface area contributed by atoms with Gasteiger partial charge in [-0.15, -0.1) is 10.2 Å². The molecule has 0 aliphatic heterocycles. The molecule has 0 bridgehead atoms. The van der Waals surface area contributed by atoms with Gasteiger partial charge in [-0.3, -0.25) is 10.1 Å². The van der Waals surface area contributed by atoms with E-state index in [2.05, 4.69) is 15.5 Å². The van der Waals surface area contributed by atoms with Crippen LogP contribution in [0.3, 0.4) is 0 Å². The van der Waals surface area contributed by atoms with Crippen LogP contribution in [0.2, 0.25) is 0 Å². The number of hydrogen-bond acceptors (Lipinski definition) is 5. The van der Waals surface area contributed by atoms with Crippen LogP contribution in [0.5, 0.6) is 0 Å². The van der Waals surface area contributed by atoms with E-state index < -0.39 is 23.1 Å². The monoisotopic (exact) mass is 282 g/mol. The smallest absolute Gasteiger partial charge is 0.320 e. The third kappa shape index (κ3) is 3.64. The maximum Gasteiger partial charge on any atom is 0.445 e. The number of alkyl halides is 3. The van der Waals surface area contributed by atoms with Crippen molar-refractivity contribution in [2.75, 3.05) is 5.32 Å². The zero-order chi connectivity index (χ0) is 13.9. The van der Waals surface area contributed by atoms with Crippen LogP contribution < -0.4 is 11.1 Å². The Balaban J connectivity index is 2.68. The van der Waals surface area contributed by atoms with E-state index in [1.807, 2.05) is 6.92 Å². The highest BCUT2D eigenvalue weighted by atomic mass is 32.1. The van der Waals surface area contributed by atoms with Gasteiger partial charge in [0.1, 0.15) is 0 Å². The van der Waals surface area contributed by atoms with Gasteiger partial charge in [0.2, 0.25) is 16.0 Å². The van der Waals surface area contributed by atoms with E-state index in [0.717, 1.165) is 0 Å². The van der Waals surface area contributed by atoms with Gasteiger partial charge in [-0.25, -0.2) is 0 Å². The van der Waals surface area contributed by atoms with Crippen LogP contribution in [0.4, 0.5) is 18.3 Å². The number of anilines is 1. The summed E-state index contributed by atoms with van der Waals surface area (Å²) in [4.78, 5) is 11.6. The molecular weight excluding hydrogens is 269 g/mol. The average molecular weight is 282 g/mol. The summed E-state index contributed by atoms with van der Waals surface area (Å²) in [6.45, 7) is 3.65. The van der Waals surface area contributed by atoms with Crippen molar-refractivity contribution >= 4 is 22.4 Å². The van der Waals surface area contributed by atoms with E-state index in [1.165, 1.54) is 0 Å². The summed E-state index contributed by atoms with van der Waals surface area (Å²) in [6.07, 6.45) is -3.86. The van der Waals surface area contributed by atoms with Crippen molar-refractivity contribution in [3.05, 3.63) is 5.01 Å². The van der Waals surface area contributed by atoms with Gasteiger partial charge in [0.25, 0.3) is 0 Å². The zero-order valence-electron chi connectivity index (χ0n) is 9.78. The van der Waals surface area contributed by atoms with Crippen molar-refractivity contribution in [3.8, 4) is 0 Å². The molecule has 5 nitrogen and oxygen atoms in total. The first kappa shape index (κ1) is 14.8. The molecule has 1 aromatic rings. The van der Waals surface area contributed by atoms with Crippen molar-refractivity contribution in [1.29, 1.82) is 0 Å². The molecule has 3 N–H and O–H groups in total. The number of rotatable bonds is 4. The molecule has 102 valence electrons. The number of halogens is 3. The molecule has 1 rings (SSSR count). The minimum atomic E-state index is -4.56. The highest BCUT2D eigenvalue weighted by molar-refractivity contribution is 7.15. The Bertz CT molecular complexity index is 420. The summed E-state index contributed by atoms with van der Waals surface area (Å²) in [5.41, 5.74) is 5.63. The minimum Gasteiger partial charge on any atom is -0.320 e. The number of hydrogen-bond donors (Lipinski definition) is 2. The molecule has 1 aromatic heterocycles. The molecule has 0 aromatic carbocycles. The third-order valence-corrected chi connectivity index (χ3v) is 3.34. The molecular formula is C9H13F3N4OS. The second-order valence-corrected chi connectivity index (χ2v) is 4.79. The largest absolute Gasteiger partial charge is 0.445 e. The molecule has 0 aliphatic rings.